The predicted octanol–water partition coefficient (Wildman–Crippen LogP) is 4.25. The van der Waals surface area contributed by atoms with E-state index in [0.717, 1.165) is 4.31 Å². The van der Waals surface area contributed by atoms with Gasteiger partial charge in [0.05, 0.1) is 26.7 Å². The van der Waals surface area contributed by atoms with Crippen LogP contribution in [-0.2, 0) is 14.8 Å². The van der Waals surface area contributed by atoms with Crippen LogP contribution in [0.1, 0.15) is 5.56 Å². The molecule has 3 rings (SSSR count). The number of sulfonamides is 1. The zero-order valence-electron chi connectivity index (χ0n) is 16.8. The third kappa shape index (κ3) is 6.07. The molecule has 0 aliphatic rings. The molecule has 0 heterocycles. The summed E-state index contributed by atoms with van der Waals surface area (Å²) in [6.07, 6.45) is 1.20. The maximum absolute atomic E-state index is 13.3. The highest BCUT2D eigenvalue weighted by atomic mass is 35.5. The minimum atomic E-state index is -4.16. The smallest absolute Gasteiger partial charge is 0.270 e. The number of halogens is 2. The van der Waals surface area contributed by atoms with E-state index in [1.165, 1.54) is 54.7 Å². The number of nitro benzene ring substituents is 1. The van der Waals surface area contributed by atoms with Crippen molar-refractivity contribution in [2.45, 2.75) is 4.90 Å². The Morgan fingerprint density at radius 3 is 2.45 bits per heavy atom. The highest BCUT2D eigenvalue weighted by Gasteiger charge is 2.28. The molecule has 0 radical (unpaired) electrons. The van der Waals surface area contributed by atoms with E-state index >= 15 is 0 Å². The van der Waals surface area contributed by atoms with Gasteiger partial charge in [-0.3, -0.25) is 19.2 Å². The average molecular weight is 507 g/mol. The summed E-state index contributed by atoms with van der Waals surface area (Å²) < 4.78 is 27.4. The van der Waals surface area contributed by atoms with Crippen molar-refractivity contribution in [3.05, 3.63) is 98.5 Å². The second-order valence-corrected chi connectivity index (χ2v) is 9.27. The van der Waals surface area contributed by atoms with Gasteiger partial charge >= 0.3 is 0 Å². The Hall–Kier alpha value is -3.47. The molecule has 1 amide bonds. The van der Waals surface area contributed by atoms with Crippen LogP contribution in [0.15, 0.2) is 82.8 Å². The lowest BCUT2D eigenvalue weighted by Gasteiger charge is -2.24. The van der Waals surface area contributed by atoms with E-state index in [1.54, 1.807) is 24.3 Å². The van der Waals surface area contributed by atoms with Crippen LogP contribution in [0.4, 0.5) is 11.4 Å². The summed E-state index contributed by atoms with van der Waals surface area (Å²) in [6, 6.07) is 17.4. The van der Waals surface area contributed by atoms with Crippen molar-refractivity contribution in [3.8, 4) is 0 Å². The first-order chi connectivity index (χ1) is 15.7. The molecule has 12 heteroatoms. The first kappa shape index (κ1) is 24.2. The summed E-state index contributed by atoms with van der Waals surface area (Å²) in [5, 5.41) is 15.0. The van der Waals surface area contributed by atoms with Crippen molar-refractivity contribution in [1.29, 1.82) is 0 Å². The first-order valence-electron chi connectivity index (χ1n) is 9.27. The lowest BCUT2D eigenvalue weighted by molar-refractivity contribution is -0.384. The summed E-state index contributed by atoms with van der Waals surface area (Å²) in [6.45, 7) is -0.634. The second-order valence-electron chi connectivity index (χ2n) is 6.57. The van der Waals surface area contributed by atoms with Gasteiger partial charge in [0.15, 0.2) is 0 Å². The molecule has 0 unspecified atom stereocenters. The van der Waals surface area contributed by atoms with Crippen LogP contribution in [0.3, 0.4) is 0 Å². The molecular formula is C21H16Cl2N4O5S. The molecule has 0 aromatic heterocycles. The molecule has 0 saturated carbocycles. The quantitative estimate of drug-likeness (QED) is 0.278. The fourth-order valence-corrected chi connectivity index (χ4v) is 4.79. The van der Waals surface area contributed by atoms with Gasteiger partial charge in [-0.05, 0) is 30.3 Å². The van der Waals surface area contributed by atoms with E-state index in [9.17, 15) is 23.3 Å². The number of hydrogen-bond donors (Lipinski definition) is 1. The zero-order valence-corrected chi connectivity index (χ0v) is 19.1. The Labute approximate surface area is 199 Å². The molecule has 0 atom stereocenters. The van der Waals surface area contributed by atoms with Gasteiger partial charge in [0, 0.05) is 22.7 Å². The normalized spacial score (nSPS) is 11.3. The second kappa shape index (κ2) is 10.4. The average Bonchev–Trinajstić information content (AvgIpc) is 2.78. The van der Waals surface area contributed by atoms with Crippen molar-refractivity contribution >= 4 is 56.7 Å². The number of amides is 1. The number of nitrogens with zero attached hydrogens (tertiary/aromatic N) is 3. The number of anilines is 1. The molecule has 170 valence electrons. The Kier molecular flexibility index (Phi) is 7.64. The number of rotatable bonds is 8. The summed E-state index contributed by atoms with van der Waals surface area (Å²) >= 11 is 12.1. The van der Waals surface area contributed by atoms with Gasteiger partial charge in [-0.15, -0.1) is 0 Å². The Balaban J connectivity index is 1.85. The molecule has 0 aliphatic heterocycles. The summed E-state index contributed by atoms with van der Waals surface area (Å²) in [7, 11) is -4.16. The number of nitro groups is 1. The van der Waals surface area contributed by atoms with Crippen molar-refractivity contribution in [2.75, 3.05) is 10.8 Å². The zero-order chi connectivity index (χ0) is 24.0. The van der Waals surface area contributed by atoms with Gasteiger partial charge in [0.1, 0.15) is 6.54 Å². The topological polar surface area (TPSA) is 122 Å². The molecular weight excluding hydrogens is 491 g/mol. The van der Waals surface area contributed by atoms with Gasteiger partial charge in [-0.2, -0.15) is 5.10 Å². The fraction of sp³-hybridized carbons (Fsp3) is 0.0476. The number of carbonyl (C=O) groups excluding carboxylic acids is 1. The van der Waals surface area contributed by atoms with E-state index in [1.807, 2.05) is 0 Å². The highest BCUT2D eigenvalue weighted by Crippen LogP contribution is 2.32. The molecule has 9 nitrogen and oxygen atoms in total. The Bertz CT molecular complexity index is 1320. The molecule has 3 aromatic rings. The van der Waals surface area contributed by atoms with Crippen LogP contribution in [-0.4, -0.2) is 32.0 Å². The van der Waals surface area contributed by atoms with Gasteiger partial charge in [-0.1, -0.05) is 53.5 Å². The van der Waals surface area contributed by atoms with Crippen LogP contribution < -0.4 is 9.73 Å². The number of nitrogens with one attached hydrogen (secondary N) is 1. The van der Waals surface area contributed by atoms with E-state index in [-0.39, 0.29) is 21.3 Å². The molecule has 0 spiro atoms. The molecule has 0 saturated heterocycles. The third-order valence-electron chi connectivity index (χ3n) is 4.28. The van der Waals surface area contributed by atoms with Crippen molar-refractivity contribution in [3.63, 3.8) is 0 Å². The molecule has 1 N–H and O–H groups in total. The van der Waals surface area contributed by atoms with Crippen molar-refractivity contribution < 1.29 is 18.1 Å². The number of carbonyl (C=O) groups is 1. The fourth-order valence-electron chi connectivity index (χ4n) is 2.77. The Morgan fingerprint density at radius 2 is 1.79 bits per heavy atom. The number of hydrogen-bond acceptors (Lipinski definition) is 6. The highest BCUT2D eigenvalue weighted by molar-refractivity contribution is 7.92. The maximum atomic E-state index is 13.3. The van der Waals surface area contributed by atoms with Gasteiger partial charge in [0.25, 0.3) is 21.6 Å². The van der Waals surface area contributed by atoms with Crippen LogP contribution in [0.25, 0.3) is 0 Å². The lowest BCUT2D eigenvalue weighted by atomic mass is 10.2. The van der Waals surface area contributed by atoms with E-state index in [4.69, 9.17) is 23.2 Å². The standard InChI is InChI=1S/C21H16Cl2N4O5S/c22-16-9-10-20(19(23)12-16)26(33(31,32)18-7-2-1-3-8-18)14-21(28)25-24-13-15-5-4-6-17(11-15)27(29)30/h1-13H,14H2,(H,25,28)/b24-13-. The predicted molar refractivity (Wildman–Crippen MR) is 126 cm³/mol. The van der Waals surface area contributed by atoms with Crippen molar-refractivity contribution in [1.82, 2.24) is 5.43 Å². The van der Waals surface area contributed by atoms with E-state index < -0.39 is 27.4 Å². The molecule has 0 fully saturated rings. The van der Waals surface area contributed by atoms with Gasteiger partial charge in [0.2, 0.25) is 0 Å². The number of hydrazone groups is 1. The Morgan fingerprint density at radius 1 is 1.06 bits per heavy atom. The van der Waals surface area contributed by atoms with Crippen LogP contribution in [0.2, 0.25) is 10.0 Å². The lowest BCUT2D eigenvalue weighted by Crippen LogP contribution is -2.39. The van der Waals surface area contributed by atoms with Crippen LogP contribution >= 0.6 is 23.2 Å². The third-order valence-corrected chi connectivity index (χ3v) is 6.59. The minimum Gasteiger partial charge on any atom is -0.271 e. The molecule has 0 bridgehead atoms. The largest absolute Gasteiger partial charge is 0.271 e. The van der Waals surface area contributed by atoms with Gasteiger partial charge < -0.3 is 0 Å². The van der Waals surface area contributed by atoms with Crippen LogP contribution in [0.5, 0.6) is 0 Å². The summed E-state index contributed by atoms with van der Waals surface area (Å²) in [5.41, 5.74) is 2.52. The summed E-state index contributed by atoms with van der Waals surface area (Å²) in [5.74, 6) is -0.762. The van der Waals surface area contributed by atoms with Crippen LogP contribution in [0, 0.1) is 10.1 Å². The SMILES string of the molecule is O=C(CN(c1ccc(Cl)cc1Cl)S(=O)(=O)c1ccccc1)N/N=C\c1cccc([N+](=O)[O-])c1. The molecule has 33 heavy (non-hydrogen) atoms. The van der Waals surface area contributed by atoms with Gasteiger partial charge in [-0.25, -0.2) is 13.8 Å². The van der Waals surface area contributed by atoms with Crippen molar-refractivity contribution in [2.24, 2.45) is 5.10 Å². The molecule has 3 aromatic carbocycles. The number of non-ortho nitro benzene ring substituents is 1. The first-order valence-corrected chi connectivity index (χ1v) is 11.5. The number of benzene rings is 3. The molecule has 0 aliphatic carbocycles. The van der Waals surface area contributed by atoms with E-state index in [2.05, 4.69) is 10.5 Å². The minimum absolute atomic E-state index is 0.0369. The maximum Gasteiger partial charge on any atom is 0.270 e. The van der Waals surface area contributed by atoms with E-state index in [0.29, 0.717) is 10.6 Å². The monoisotopic (exact) mass is 506 g/mol. The summed E-state index contributed by atoms with van der Waals surface area (Å²) in [4.78, 5) is 22.8.